The van der Waals surface area contributed by atoms with E-state index < -0.39 is 0 Å². The minimum absolute atomic E-state index is 0.353. The molecule has 16 heavy (non-hydrogen) atoms. The zero-order valence-electron chi connectivity index (χ0n) is 9.87. The van der Waals surface area contributed by atoms with Crippen LogP contribution in [0.4, 0.5) is 0 Å². The van der Waals surface area contributed by atoms with Crippen molar-refractivity contribution in [1.29, 1.82) is 0 Å². The Balaban J connectivity index is 2.37. The van der Waals surface area contributed by atoms with Crippen LogP contribution in [-0.2, 0) is 0 Å². The number of hydrogen-bond donors (Lipinski definition) is 1. The standard InChI is InChI=1S/C11H15N3S2/c1-6(12-4)10-7(2)13-11(16-10)9-5-15-8(3)14-9/h5-6,12H,1-4H3. The van der Waals surface area contributed by atoms with E-state index in [9.17, 15) is 0 Å². The second-order valence-corrected chi connectivity index (χ2v) is 5.82. The van der Waals surface area contributed by atoms with Crippen LogP contribution < -0.4 is 5.32 Å². The summed E-state index contributed by atoms with van der Waals surface area (Å²) in [5.41, 5.74) is 2.11. The van der Waals surface area contributed by atoms with Crippen molar-refractivity contribution in [2.24, 2.45) is 0 Å². The van der Waals surface area contributed by atoms with Crippen LogP contribution in [0.25, 0.3) is 10.7 Å². The molecule has 0 aliphatic heterocycles. The zero-order chi connectivity index (χ0) is 11.7. The van der Waals surface area contributed by atoms with Crippen molar-refractivity contribution in [2.75, 3.05) is 7.05 Å². The van der Waals surface area contributed by atoms with Gasteiger partial charge in [0.2, 0.25) is 0 Å². The van der Waals surface area contributed by atoms with Crippen molar-refractivity contribution < 1.29 is 0 Å². The summed E-state index contributed by atoms with van der Waals surface area (Å²) in [4.78, 5) is 10.3. The maximum Gasteiger partial charge on any atom is 0.143 e. The van der Waals surface area contributed by atoms with Crippen LogP contribution in [0.5, 0.6) is 0 Å². The molecule has 0 bridgehead atoms. The fourth-order valence-electron chi connectivity index (χ4n) is 1.51. The molecule has 1 N–H and O–H groups in total. The van der Waals surface area contributed by atoms with Gasteiger partial charge in [-0.25, -0.2) is 9.97 Å². The van der Waals surface area contributed by atoms with Gasteiger partial charge in [-0.2, -0.15) is 0 Å². The summed E-state index contributed by atoms with van der Waals surface area (Å²) in [5.74, 6) is 0. The fraction of sp³-hybridized carbons (Fsp3) is 0.455. The van der Waals surface area contributed by atoms with E-state index in [1.807, 2.05) is 14.0 Å². The highest BCUT2D eigenvalue weighted by molar-refractivity contribution is 7.15. The molecule has 3 nitrogen and oxygen atoms in total. The van der Waals surface area contributed by atoms with Gasteiger partial charge >= 0.3 is 0 Å². The summed E-state index contributed by atoms with van der Waals surface area (Å²) in [6.45, 7) is 6.23. The van der Waals surface area contributed by atoms with Gasteiger partial charge < -0.3 is 5.32 Å². The Bertz CT molecular complexity index is 487. The highest BCUT2D eigenvalue weighted by Crippen LogP contribution is 2.31. The van der Waals surface area contributed by atoms with E-state index in [-0.39, 0.29) is 0 Å². The second kappa shape index (κ2) is 4.61. The molecule has 0 fully saturated rings. The van der Waals surface area contributed by atoms with Gasteiger partial charge in [-0.1, -0.05) is 0 Å². The minimum atomic E-state index is 0.353. The van der Waals surface area contributed by atoms with Gasteiger partial charge in [-0.3, -0.25) is 0 Å². The summed E-state index contributed by atoms with van der Waals surface area (Å²) < 4.78 is 0. The first kappa shape index (κ1) is 11.7. The third-order valence-corrected chi connectivity index (χ3v) is 4.63. The molecule has 0 aromatic carbocycles. The van der Waals surface area contributed by atoms with E-state index >= 15 is 0 Å². The molecule has 2 rings (SSSR count). The largest absolute Gasteiger partial charge is 0.312 e. The summed E-state index contributed by atoms with van der Waals surface area (Å²) in [6.07, 6.45) is 0. The number of rotatable bonds is 3. The van der Waals surface area contributed by atoms with Crippen LogP contribution in [0.15, 0.2) is 5.38 Å². The number of aromatic nitrogens is 2. The topological polar surface area (TPSA) is 37.8 Å². The van der Waals surface area contributed by atoms with E-state index in [0.717, 1.165) is 21.4 Å². The molecule has 0 aliphatic carbocycles. The van der Waals surface area contributed by atoms with E-state index in [4.69, 9.17) is 0 Å². The van der Waals surface area contributed by atoms with Crippen molar-refractivity contribution in [1.82, 2.24) is 15.3 Å². The van der Waals surface area contributed by atoms with Crippen molar-refractivity contribution in [3.05, 3.63) is 21.0 Å². The normalized spacial score (nSPS) is 13.0. The number of nitrogens with one attached hydrogen (secondary N) is 1. The molecule has 2 aromatic heterocycles. The van der Waals surface area contributed by atoms with E-state index in [1.165, 1.54) is 4.88 Å². The Hall–Kier alpha value is -0.780. The molecule has 2 aromatic rings. The number of thiazole rings is 2. The number of aryl methyl sites for hydroxylation is 2. The Labute approximate surface area is 104 Å². The molecule has 0 saturated carbocycles. The minimum Gasteiger partial charge on any atom is -0.312 e. The van der Waals surface area contributed by atoms with Crippen molar-refractivity contribution in [3.63, 3.8) is 0 Å². The zero-order valence-corrected chi connectivity index (χ0v) is 11.5. The van der Waals surface area contributed by atoms with Crippen molar-refractivity contribution in [3.8, 4) is 10.7 Å². The second-order valence-electron chi connectivity index (χ2n) is 3.73. The number of nitrogens with zero attached hydrogens (tertiary/aromatic N) is 2. The van der Waals surface area contributed by atoms with Crippen LogP contribution >= 0.6 is 22.7 Å². The smallest absolute Gasteiger partial charge is 0.143 e. The van der Waals surface area contributed by atoms with Crippen LogP contribution in [0.3, 0.4) is 0 Å². The van der Waals surface area contributed by atoms with Gasteiger partial charge in [0.1, 0.15) is 10.7 Å². The molecule has 2 heterocycles. The first-order valence-corrected chi connectivity index (χ1v) is 6.88. The fourth-order valence-corrected chi connectivity index (χ4v) is 3.27. The quantitative estimate of drug-likeness (QED) is 0.913. The molecule has 0 radical (unpaired) electrons. The predicted molar refractivity (Wildman–Crippen MR) is 70.2 cm³/mol. The Morgan fingerprint density at radius 2 is 2.06 bits per heavy atom. The summed E-state index contributed by atoms with van der Waals surface area (Å²) >= 11 is 3.40. The molecule has 86 valence electrons. The first-order chi connectivity index (χ1) is 7.61. The first-order valence-electron chi connectivity index (χ1n) is 5.19. The average molecular weight is 253 g/mol. The molecular formula is C11H15N3S2. The lowest BCUT2D eigenvalue weighted by Gasteiger charge is -2.06. The maximum absolute atomic E-state index is 4.59. The van der Waals surface area contributed by atoms with Gasteiger partial charge in [-0.15, -0.1) is 22.7 Å². The molecule has 1 atom stereocenters. The van der Waals surface area contributed by atoms with Gasteiger partial charge in [0.25, 0.3) is 0 Å². The highest BCUT2D eigenvalue weighted by Gasteiger charge is 2.15. The van der Waals surface area contributed by atoms with E-state index in [1.54, 1.807) is 22.7 Å². The average Bonchev–Trinajstić information content (AvgIpc) is 2.83. The third kappa shape index (κ3) is 2.16. The Morgan fingerprint density at radius 3 is 2.62 bits per heavy atom. The monoisotopic (exact) mass is 253 g/mol. The molecule has 0 spiro atoms. The summed E-state index contributed by atoms with van der Waals surface area (Å²) in [6, 6.07) is 0.353. The van der Waals surface area contributed by atoms with Crippen molar-refractivity contribution in [2.45, 2.75) is 26.8 Å². The molecular weight excluding hydrogens is 238 g/mol. The predicted octanol–water partition coefficient (Wildman–Crippen LogP) is 3.16. The van der Waals surface area contributed by atoms with E-state index in [0.29, 0.717) is 6.04 Å². The van der Waals surface area contributed by atoms with E-state index in [2.05, 4.69) is 34.5 Å². The van der Waals surface area contributed by atoms with Crippen LogP contribution in [0.1, 0.15) is 28.5 Å². The maximum atomic E-state index is 4.59. The molecule has 1 unspecified atom stereocenters. The van der Waals surface area contributed by atoms with Gasteiger partial charge in [0.15, 0.2) is 0 Å². The molecule has 0 saturated heterocycles. The lowest BCUT2D eigenvalue weighted by Crippen LogP contribution is -2.11. The lowest BCUT2D eigenvalue weighted by molar-refractivity contribution is 0.658. The molecule has 0 aliphatic rings. The highest BCUT2D eigenvalue weighted by atomic mass is 32.1. The lowest BCUT2D eigenvalue weighted by atomic mass is 10.2. The van der Waals surface area contributed by atoms with Crippen LogP contribution in [-0.4, -0.2) is 17.0 Å². The van der Waals surface area contributed by atoms with Crippen LogP contribution in [0, 0.1) is 13.8 Å². The van der Waals surface area contributed by atoms with Gasteiger partial charge in [-0.05, 0) is 27.8 Å². The third-order valence-electron chi connectivity index (χ3n) is 2.50. The summed E-state index contributed by atoms with van der Waals surface area (Å²) in [5, 5.41) is 7.43. The molecule has 5 heteroatoms. The Morgan fingerprint density at radius 1 is 1.31 bits per heavy atom. The van der Waals surface area contributed by atoms with Crippen LogP contribution in [0.2, 0.25) is 0 Å². The Kier molecular flexibility index (Phi) is 3.37. The van der Waals surface area contributed by atoms with Gasteiger partial charge in [0, 0.05) is 16.3 Å². The SMILES string of the molecule is CNC(C)c1sc(-c2csc(C)n2)nc1C. The van der Waals surface area contributed by atoms with Gasteiger partial charge in [0.05, 0.1) is 10.7 Å². The number of hydrogen-bond acceptors (Lipinski definition) is 5. The molecule has 0 amide bonds. The summed E-state index contributed by atoms with van der Waals surface area (Å²) in [7, 11) is 1.97. The van der Waals surface area contributed by atoms with Crippen molar-refractivity contribution >= 4 is 22.7 Å².